The van der Waals surface area contributed by atoms with Crippen molar-refractivity contribution in [3.05, 3.63) is 77.0 Å². The highest BCUT2D eigenvalue weighted by molar-refractivity contribution is 6.06. The van der Waals surface area contributed by atoms with Gasteiger partial charge in [-0.25, -0.2) is 4.98 Å². The van der Waals surface area contributed by atoms with Crippen molar-refractivity contribution in [3.8, 4) is 11.5 Å². The van der Waals surface area contributed by atoms with E-state index in [0.29, 0.717) is 54.7 Å². The summed E-state index contributed by atoms with van der Waals surface area (Å²) in [5.74, 6) is 1.68. The van der Waals surface area contributed by atoms with E-state index < -0.39 is 0 Å². The number of nitrogens with zero attached hydrogens (tertiary/aromatic N) is 3. The number of fused-ring (bicyclic) bond motifs is 1. The van der Waals surface area contributed by atoms with E-state index in [1.54, 1.807) is 30.5 Å². The molecule has 0 radical (unpaired) electrons. The average molecular weight is 459 g/mol. The number of pyridine rings is 1. The van der Waals surface area contributed by atoms with Gasteiger partial charge in [-0.3, -0.25) is 9.59 Å². The molecule has 174 valence electrons. The minimum atomic E-state index is -0.253. The number of ether oxygens (including phenoxy) is 2. The summed E-state index contributed by atoms with van der Waals surface area (Å²) in [6, 6.07) is 14.6. The Balaban J connectivity index is 1.27. The fraction of sp³-hybridized carbons (Fsp3) is 0.269. The molecule has 1 saturated heterocycles. The van der Waals surface area contributed by atoms with E-state index in [-0.39, 0.29) is 18.6 Å². The first kappa shape index (κ1) is 21.8. The van der Waals surface area contributed by atoms with Gasteiger partial charge >= 0.3 is 0 Å². The summed E-state index contributed by atoms with van der Waals surface area (Å²) < 4.78 is 10.7. The summed E-state index contributed by atoms with van der Waals surface area (Å²) in [6.45, 7) is 6.58. The van der Waals surface area contributed by atoms with E-state index in [2.05, 4.69) is 15.2 Å². The maximum Gasteiger partial charge on any atom is 0.255 e. The Morgan fingerprint density at radius 3 is 2.56 bits per heavy atom. The Kier molecular flexibility index (Phi) is 5.79. The second kappa shape index (κ2) is 9.05. The van der Waals surface area contributed by atoms with E-state index in [0.717, 1.165) is 16.7 Å². The van der Waals surface area contributed by atoms with E-state index in [9.17, 15) is 9.59 Å². The summed E-state index contributed by atoms with van der Waals surface area (Å²) in [5.41, 5.74) is 3.99. The van der Waals surface area contributed by atoms with Gasteiger partial charge in [0.15, 0.2) is 17.3 Å². The Morgan fingerprint density at radius 1 is 0.941 bits per heavy atom. The number of rotatable bonds is 4. The summed E-state index contributed by atoms with van der Waals surface area (Å²) in [7, 11) is 0. The molecule has 8 nitrogen and oxygen atoms in total. The molecule has 2 amide bonds. The highest BCUT2D eigenvalue weighted by atomic mass is 16.7. The summed E-state index contributed by atoms with van der Waals surface area (Å²) in [4.78, 5) is 34.5. The van der Waals surface area contributed by atoms with Crippen molar-refractivity contribution < 1.29 is 19.1 Å². The number of anilines is 2. The van der Waals surface area contributed by atoms with Gasteiger partial charge in [-0.15, -0.1) is 0 Å². The third-order valence-electron chi connectivity index (χ3n) is 6.37. The topological polar surface area (TPSA) is 84.0 Å². The van der Waals surface area contributed by atoms with Crippen molar-refractivity contribution in [2.24, 2.45) is 0 Å². The van der Waals surface area contributed by atoms with Crippen molar-refractivity contribution in [1.82, 2.24) is 9.88 Å². The number of nitrogens with one attached hydrogen (secondary N) is 1. The molecule has 1 aromatic heterocycles. The van der Waals surface area contributed by atoms with E-state index in [4.69, 9.17) is 9.47 Å². The van der Waals surface area contributed by atoms with Crippen LogP contribution in [-0.4, -0.2) is 54.7 Å². The average Bonchev–Trinajstić information content (AvgIpc) is 3.34. The minimum absolute atomic E-state index is 0.0539. The van der Waals surface area contributed by atoms with Gasteiger partial charge in [0.25, 0.3) is 11.8 Å². The van der Waals surface area contributed by atoms with Crippen molar-refractivity contribution in [2.75, 3.05) is 43.2 Å². The lowest BCUT2D eigenvalue weighted by Gasteiger charge is -2.36. The molecule has 3 aromatic rings. The van der Waals surface area contributed by atoms with Crippen LogP contribution in [0.15, 0.2) is 54.7 Å². The highest BCUT2D eigenvalue weighted by Crippen LogP contribution is 2.33. The van der Waals surface area contributed by atoms with Crippen molar-refractivity contribution in [3.63, 3.8) is 0 Å². The molecule has 0 atom stereocenters. The number of amides is 2. The molecule has 2 aliphatic rings. The van der Waals surface area contributed by atoms with Crippen LogP contribution in [0.5, 0.6) is 11.5 Å². The fourth-order valence-corrected chi connectivity index (χ4v) is 4.25. The highest BCUT2D eigenvalue weighted by Gasteiger charge is 2.26. The number of carbonyl (C=O) groups is 2. The van der Waals surface area contributed by atoms with Crippen molar-refractivity contribution >= 4 is 23.3 Å². The van der Waals surface area contributed by atoms with Gasteiger partial charge < -0.3 is 24.6 Å². The Bertz CT molecular complexity index is 1250. The lowest BCUT2D eigenvalue weighted by Crippen LogP contribution is -2.49. The second-order valence-corrected chi connectivity index (χ2v) is 8.42. The molecule has 0 unspecified atom stereocenters. The first-order valence-corrected chi connectivity index (χ1v) is 11.3. The molecule has 0 saturated carbocycles. The predicted octanol–water partition coefficient (Wildman–Crippen LogP) is 3.64. The molecule has 1 N–H and O–H groups in total. The summed E-state index contributed by atoms with van der Waals surface area (Å²) >= 11 is 0. The quantitative estimate of drug-likeness (QED) is 0.643. The van der Waals surface area contributed by atoms with Crippen LogP contribution in [0.4, 0.5) is 11.5 Å². The number of aryl methyl sites for hydroxylation is 1. The number of carbonyl (C=O) groups excluding carboxylic acids is 2. The first-order chi connectivity index (χ1) is 16.5. The number of hydrogen-bond donors (Lipinski definition) is 1. The fourth-order valence-electron chi connectivity index (χ4n) is 4.25. The lowest BCUT2D eigenvalue weighted by molar-refractivity contribution is 0.0745. The van der Waals surface area contributed by atoms with Gasteiger partial charge in [-0.05, 0) is 61.4 Å². The van der Waals surface area contributed by atoms with Gasteiger partial charge in [-0.2, -0.15) is 0 Å². The molecule has 2 aromatic carbocycles. The molecule has 8 heteroatoms. The Labute approximate surface area is 198 Å². The molecular formula is C26H26N4O4. The number of benzene rings is 2. The van der Waals surface area contributed by atoms with Gasteiger partial charge in [0.2, 0.25) is 6.79 Å². The Hall–Kier alpha value is -4.07. The van der Waals surface area contributed by atoms with E-state index in [1.807, 2.05) is 43.0 Å². The van der Waals surface area contributed by atoms with Crippen LogP contribution >= 0.6 is 0 Å². The third-order valence-corrected chi connectivity index (χ3v) is 6.37. The summed E-state index contributed by atoms with van der Waals surface area (Å²) in [5, 5.41) is 2.97. The van der Waals surface area contributed by atoms with Crippen LogP contribution in [-0.2, 0) is 0 Å². The molecule has 0 aliphatic carbocycles. The number of piperazine rings is 1. The van der Waals surface area contributed by atoms with Gasteiger partial charge in [0.05, 0.1) is 5.69 Å². The van der Waals surface area contributed by atoms with Crippen LogP contribution in [0, 0.1) is 13.8 Å². The molecule has 34 heavy (non-hydrogen) atoms. The largest absolute Gasteiger partial charge is 0.454 e. The molecule has 2 aliphatic heterocycles. The zero-order valence-corrected chi connectivity index (χ0v) is 19.2. The molecule has 1 fully saturated rings. The smallest absolute Gasteiger partial charge is 0.255 e. The maximum absolute atomic E-state index is 13.1. The minimum Gasteiger partial charge on any atom is -0.454 e. The van der Waals surface area contributed by atoms with Crippen LogP contribution in [0.2, 0.25) is 0 Å². The zero-order chi connectivity index (χ0) is 23.7. The van der Waals surface area contributed by atoms with E-state index in [1.165, 1.54) is 0 Å². The van der Waals surface area contributed by atoms with Crippen molar-refractivity contribution in [1.29, 1.82) is 0 Å². The van der Waals surface area contributed by atoms with Crippen molar-refractivity contribution in [2.45, 2.75) is 13.8 Å². The SMILES string of the molecule is Cc1cccc(C(=O)N2CCN(c3ncccc3NC(=O)c3ccc4c(c3)OCO4)CC2)c1C. The molecular weight excluding hydrogens is 432 g/mol. The number of hydrogen-bond acceptors (Lipinski definition) is 6. The van der Waals surface area contributed by atoms with Crippen LogP contribution in [0.1, 0.15) is 31.8 Å². The monoisotopic (exact) mass is 458 g/mol. The summed E-state index contributed by atoms with van der Waals surface area (Å²) in [6.07, 6.45) is 1.71. The lowest BCUT2D eigenvalue weighted by atomic mass is 10.0. The number of aromatic nitrogens is 1. The van der Waals surface area contributed by atoms with Crippen LogP contribution < -0.4 is 19.7 Å². The van der Waals surface area contributed by atoms with Gasteiger partial charge in [-0.1, -0.05) is 12.1 Å². The Morgan fingerprint density at radius 2 is 1.74 bits per heavy atom. The van der Waals surface area contributed by atoms with Crippen LogP contribution in [0.3, 0.4) is 0 Å². The van der Waals surface area contributed by atoms with Gasteiger partial charge in [0.1, 0.15) is 0 Å². The normalized spacial score (nSPS) is 14.8. The standard InChI is InChI=1S/C26H26N4O4/c1-17-5-3-6-20(18(17)2)26(32)30-13-11-29(12-14-30)24-21(7-4-10-27-24)28-25(31)19-8-9-22-23(15-19)34-16-33-22/h3-10,15H,11-14,16H2,1-2H3,(H,28,31). The molecule has 3 heterocycles. The second-order valence-electron chi connectivity index (χ2n) is 8.42. The third kappa shape index (κ3) is 4.14. The zero-order valence-electron chi connectivity index (χ0n) is 19.2. The predicted molar refractivity (Wildman–Crippen MR) is 129 cm³/mol. The van der Waals surface area contributed by atoms with Gasteiger partial charge in [0, 0.05) is 43.5 Å². The van der Waals surface area contributed by atoms with Crippen LogP contribution in [0.25, 0.3) is 0 Å². The molecule has 0 spiro atoms. The molecule has 0 bridgehead atoms. The molecule has 5 rings (SSSR count). The maximum atomic E-state index is 13.1. The van der Waals surface area contributed by atoms with E-state index >= 15 is 0 Å². The first-order valence-electron chi connectivity index (χ1n) is 11.3.